The molecule has 0 atom stereocenters. The van der Waals surface area contributed by atoms with E-state index in [0.717, 1.165) is 24.8 Å². The molecular formula is C20H27N3O5S. The van der Waals surface area contributed by atoms with Crippen LogP contribution in [0.5, 0.6) is 11.5 Å². The lowest BCUT2D eigenvalue weighted by Gasteiger charge is -2.10. The van der Waals surface area contributed by atoms with Crippen molar-refractivity contribution in [2.45, 2.75) is 6.42 Å². The average molecular weight is 422 g/mol. The third-order valence-corrected chi connectivity index (χ3v) is 4.68. The summed E-state index contributed by atoms with van der Waals surface area (Å²) in [5.74, 6) is 1.19. The maximum atomic E-state index is 12.1. The van der Waals surface area contributed by atoms with E-state index in [4.69, 9.17) is 9.47 Å². The zero-order valence-corrected chi connectivity index (χ0v) is 17.6. The molecule has 0 unspecified atom stereocenters. The highest BCUT2D eigenvalue weighted by molar-refractivity contribution is 7.92. The summed E-state index contributed by atoms with van der Waals surface area (Å²) in [7, 11) is -0.118. The van der Waals surface area contributed by atoms with Crippen LogP contribution in [-0.4, -0.2) is 54.4 Å². The molecule has 0 fully saturated rings. The number of amides is 1. The van der Waals surface area contributed by atoms with Gasteiger partial charge in [0.1, 0.15) is 0 Å². The average Bonchev–Trinajstić information content (AvgIpc) is 2.69. The molecule has 29 heavy (non-hydrogen) atoms. The highest BCUT2D eigenvalue weighted by Gasteiger charge is 2.07. The topological polar surface area (TPSA) is 106 Å². The highest BCUT2D eigenvalue weighted by atomic mass is 32.2. The van der Waals surface area contributed by atoms with Gasteiger partial charge in [-0.1, -0.05) is 6.07 Å². The van der Waals surface area contributed by atoms with Gasteiger partial charge in [-0.25, -0.2) is 8.42 Å². The first kappa shape index (κ1) is 22.5. The Morgan fingerprint density at radius 3 is 2.24 bits per heavy atom. The fourth-order valence-corrected chi connectivity index (χ4v) is 3.23. The Morgan fingerprint density at radius 1 is 0.931 bits per heavy atom. The van der Waals surface area contributed by atoms with Gasteiger partial charge in [0.2, 0.25) is 10.0 Å². The van der Waals surface area contributed by atoms with E-state index in [2.05, 4.69) is 15.4 Å². The second kappa shape index (κ2) is 10.7. The maximum absolute atomic E-state index is 12.1. The zero-order valence-electron chi connectivity index (χ0n) is 16.8. The normalized spacial score (nSPS) is 11.0. The second-order valence-electron chi connectivity index (χ2n) is 6.40. The van der Waals surface area contributed by atoms with E-state index in [0.29, 0.717) is 35.8 Å². The van der Waals surface area contributed by atoms with E-state index in [-0.39, 0.29) is 5.91 Å². The maximum Gasteiger partial charge on any atom is 0.251 e. The Bertz CT molecular complexity index is 914. The van der Waals surface area contributed by atoms with Gasteiger partial charge in [-0.05, 0) is 54.9 Å². The predicted octanol–water partition coefficient (Wildman–Crippen LogP) is 1.64. The number of sulfonamides is 1. The van der Waals surface area contributed by atoms with Gasteiger partial charge in [0.05, 0.1) is 20.5 Å². The number of ether oxygens (including phenoxy) is 2. The Kier molecular flexibility index (Phi) is 8.29. The van der Waals surface area contributed by atoms with Crippen LogP contribution in [-0.2, 0) is 16.4 Å². The van der Waals surface area contributed by atoms with E-state index >= 15 is 0 Å². The molecule has 0 spiro atoms. The van der Waals surface area contributed by atoms with Crippen LogP contribution in [0.2, 0.25) is 0 Å². The summed E-state index contributed by atoms with van der Waals surface area (Å²) in [4.78, 5) is 12.1. The summed E-state index contributed by atoms with van der Waals surface area (Å²) in [5, 5.41) is 6.10. The summed E-state index contributed by atoms with van der Waals surface area (Å²) in [6.45, 7) is 1.87. The molecule has 3 N–H and O–H groups in total. The van der Waals surface area contributed by atoms with Crippen molar-refractivity contribution >= 4 is 21.6 Å². The largest absolute Gasteiger partial charge is 0.493 e. The zero-order chi connectivity index (χ0) is 21.3. The predicted molar refractivity (Wildman–Crippen MR) is 113 cm³/mol. The number of rotatable bonds is 11. The van der Waals surface area contributed by atoms with Crippen LogP contribution < -0.4 is 24.8 Å². The van der Waals surface area contributed by atoms with Gasteiger partial charge < -0.3 is 20.1 Å². The van der Waals surface area contributed by atoms with Crippen molar-refractivity contribution in [1.82, 2.24) is 10.6 Å². The van der Waals surface area contributed by atoms with Crippen molar-refractivity contribution < 1.29 is 22.7 Å². The van der Waals surface area contributed by atoms with Gasteiger partial charge in [0.15, 0.2) is 11.5 Å². The second-order valence-corrected chi connectivity index (χ2v) is 8.15. The summed E-state index contributed by atoms with van der Waals surface area (Å²) in [6, 6.07) is 12.1. The van der Waals surface area contributed by atoms with Gasteiger partial charge in [0.25, 0.3) is 5.91 Å². The molecule has 0 aliphatic carbocycles. The standard InChI is InChI=1S/C20H27N3O5S/c1-27-18-9-4-15(14-19(18)28-2)10-11-21-12-13-22-20(24)16-5-7-17(8-6-16)23-29(3,25)26/h4-9,14,21,23H,10-13H2,1-3H3,(H,22,24). The molecule has 0 saturated heterocycles. The number of carbonyl (C=O) groups excluding carboxylic acids is 1. The lowest BCUT2D eigenvalue weighted by Crippen LogP contribution is -2.32. The summed E-state index contributed by atoms with van der Waals surface area (Å²) in [5.41, 5.74) is 2.01. The first-order chi connectivity index (χ1) is 13.8. The van der Waals surface area contributed by atoms with Crippen molar-refractivity contribution in [3.63, 3.8) is 0 Å². The SMILES string of the molecule is COc1ccc(CCNCCNC(=O)c2ccc(NS(C)(=O)=O)cc2)cc1OC. The van der Waals surface area contributed by atoms with Gasteiger partial charge in [0, 0.05) is 24.3 Å². The van der Waals surface area contributed by atoms with E-state index in [1.165, 1.54) is 0 Å². The van der Waals surface area contributed by atoms with Gasteiger partial charge in [-0.2, -0.15) is 0 Å². The lowest BCUT2D eigenvalue weighted by molar-refractivity contribution is 0.0954. The molecule has 8 nitrogen and oxygen atoms in total. The summed E-state index contributed by atoms with van der Waals surface area (Å²) >= 11 is 0. The van der Waals surface area contributed by atoms with E-state index < -0.39 is 10.0 Å². The molecule has 0 saturated carbocycles. The van der Waals surface area contributed by atoms with Crippen LogP contribution in [0.15, 0.2) is 42.5 Å². The molecule has 158 valence electrons. The van der Waals surface area contributed by atoms with Crippen LogP contribution in [0.1, 0.15) is 15.9 Å². The first-order valence-corrected chi connectivity index (χ1v) is 11.0. The Hall–Kier alpha value is -2.78. The Labute approximate surface area is 171 Å². The molecule has 2 aromatic rings. The van der Waals surface area contributed by atoms with Crippen LogP contribution in [0, 0.1) is 0 Å². The fraction of sp³-hybridized carbons (Fsp3) is 0.350. The third kappa shape index (κ3) is 7.63. The molecule has 1 amide bonds. The first-order valence-electron chi connectivity index (χ1n) is 9.10. The molecule has 0 radical (unpaired) electrons. The van der Waals surface area contributed by atoms with E-state index in [1.54, 1.807) is 38.5 Å². The van der Waals surface area contributed by atoms with Crippen LogP contribution >= 0.6 is 0 Å². The van der Waals surface area contributed by atoms with E-state index in [1.807, 2.05) is 18.2 Å². The molecule has 0 aliphatic rings. The Morgan fingerprint density at radius 2 is 1.62 bits per heavy atom. The lowest BCUT2D eigenvalue weighted by atomic mass is 10.1. The van der Waals surface area contributed by atoms with E-state index in [9.17, 15) is 13.2 Å². The minimum Gasteiger partial charge on any atom is -0.493 e. The number of carbonyl (C=O) groups is 1. The third-order valence-electron chi connectivity index (χ3n) is 4.08. The highest BCUT2D eigenvalue weighted by Crippen LogP contribution is 2.27. The van der Waals surface area contributed by atoms with Crippen LogP contribution in [0.4, 0.5) is 5.69 Å². The molecule has 0 bridgehead atoms. The molecule has 2 rings (SSSR count). The number of anilines is 1. The van der Waals surface area contributed by atoms with Crippen molar-refractivity contribution in [3.05, 3.63) is 53.6 Å². The van der Waals surface area contributed by atoms with Gasteiger partial charge in [-0.15, -0.1) is 0 Å². The smallest absolute Gasteiger partial charge is 0.251 e. The molecular weight excluding hydrogens is 394 g/mol. The minimum absolute atomic E-state index is 0.211. The molecule has 2 aromatic carbocycles. The van der Waals surface area contributed by atoms with Gasteiger partial charge in [-0.3, -0.25) is 9.52 Å². The molecule has 0 heterocycles. The molecule has 0 aliphatic heterocycles. The van der Waals surface area contributed by atoms with Crippen LogP contribution in [0.25, 0.3) is 0 Å². The van der Waals surface area contributed by atoms with Gasteiger partial charge >= 0.3 is 0 Å². The molecule has 9 heteroatoms. The number of hydrogen-bond acceptors (Lipinski definition) is 6. The van der Waals surface area contributed by atoms with Crippen molar-refractivity contribution in [3.8, 4) is 11.5 Å². The van der Waals surface area contributed by atoms with Crippen molar-refractivity contribution in [2.24, 2.45) is 0 Å². The summed E-state index contributed by atoms with van der Waals surface area (Å²) in [6.07, 6.45) is 1.90. The number of methoxy groups -OCH3 is 2. The quantitative estimate of drug-likeness (QED) is 0.477. The number of benzene rings is 2. The monoisotopic (exact) mass is 421 g/mol. The fourth-order valence-electron chi connectivity index (χ4n) is 2.66. The molecule has 0 aromatic heterocycles. The number of nitrogens with one attached hydrogen (secondary N) is 3. The number of hydrogen-bond donors (Lipinski definition) is 3. The Balaban J connectivity index is 1.69. The van der Waals surface area contributed by atoms with Crippen LogP contribution in [0.3, 0.4) is 0 Å². The van der Waals surface area contributed by atoms with Crippen molar-refractivity contribution in [2.75, 3.05) is 44.8 Å². The summed E-state index contributed by atoms with van der Waals surface area (Å²) < 4.78 is 35.3. The van der Waals surface area contributed by atoms with Crippen molar-refractivity contribution in [1.29, 1.82) is 0 Å². The minimum atomic E-state index is -3.33.